The first-order chi connectivity index (χ1) is 10.7. The number of benzene rings is 2. The van der Waals surface area contributed by atoms with Crippen molar-refractivity contribution in [2.75, 3.05) is 18.5 Å². The van der Waals surface area contributed by atoms with Crippen molar-refractivity contribution in [3.8, 4) is 5.75 Å². The van der Waals surface area contributed by atoms with Crippen molar-refractivity contribution in [1.29, 1.82) is 0 Å². The Labute approximate surface area is 131 Å². The highest BCUT2D eigenvalue weighted by molar-refractivity contribution is 5.95. The van der Waals surface area contributed by atoms with Gasteiger partial charge in [-0.1, -0.05) is 37.3 Å². The molecule has 0 saturated carbocycles. The van der Waals surface area contributed by atoms with E-state index in [9.17, 15) is 4.79 Å². The summed E-state index contributed by atoms with van der Waals surface area (Å²) in [6.07, 6.45) is 0.757. The summed E-state index contributed by atoms with van der Waals surface area (Å²) < 4.78 is 5.42. The van der Waals surface area contributed by atoms with Gasteiger partial charge in [-0.25, -0.2) is 0 Å². The maximum Gasteiger partial charge on any atom is 0.231 e. The van der Waals surface area contributed by atoms with Crippen LogP contribution in [0.2, 0.25) is 0 Å². The van der Waals surface area contributed by atoms with Gasteiger partial charge in [0.15, 0.2) is 0 Å². The number of amides is 1. The molecule has 4 heteroatoms. The van der Waals surface area contributed by atoms with Gasteiger partial charge in [0.25, 0.3) is 0 Å². The molecule has 0 fully saturated rings. The van der Waals surface area contributed by atoms with E-state index in [0.29, 0.717) is 13.2 Å². The fourth-order valence-electron chi connectivity index (χ4n) is 2.30. The molecule has 116 valence electrons. The molecule has 1 amide bonds. The van der Waals surface area contributed by atoms with E-state index in [2.05, 4.69) is 5.32 Å². The van der Waals surface area contributed by atoms with Gasteiger partial charge >= 0.3 is 0 Å². The van der Waals surface area contributed by atoms with E-state index in [1.807, 2.05) is 61.5 Å². The molecule has 2 aromatic carbocycles. The summed E-state index contributed by atoms with van der Waals surface area (Å²) in [4.78, 5) is 12.4. The Hall–Kier alpha value is -2.33. The lowest BCUT2D eigenvalue weighted by molar-refractivity contribution is -0.117. The third kappa shape index (κ3) is 4.33. The first-order valence-electron chi connectivity index (χ1n) is 7.53. The second-order valence-electron chi connectivity index (χ2n) is 5.02. The first kappa shape index (κ1) is 16.0. The van der Waals surface area contributed by atoms with Crippen molar-refractivity contribution in [3.63, 3.8) is 0 Å². The van der Waals surface area contributed by atoms with Crippen LogP contribution in [0.4, 0.5) is 5.69 Å². The van der Waals surface area contributed by atoms with Crippen molar-refractivity contribution in [1.82, 2.24) is 0 Å². The van der Waals surface area contributed by atoms with Crippen molar-refractivity contribution >= 4 is 11.6 Å². The summed E-state index contributed by atoms with van der Waals surface area (Å²) in [5.41, 5.74) is 7.19. The lowest BCUT2D eigenvalue weighted by Gasteiger charge is -2.15. The topological polar surface area (TPSA) is 64.3 Å². The van der Waals surface area contributed by atoms with Gasteiger partial charge in [0, 0.05) is 12.2 Å². The molecule has 3 N–H and O–H groups in total. The Morgan fingerprint density at radius 3 is 2.41 bits per heavy atom. The van der Waals surface area contributed by atoms with Crippen LogP contribution in [0.15, 0.2) is 54.6 Å². The smallest absolute Gasteiger partial charge is 0.231 e. The molecule has 1 unspecified atom stereocenters. The van der Waals surface area contributed by atoms with Crippen molar-refractivity contribution < 1.29 is 9.53 Å². The predicted octanol–water partition coefficient (Wildman–Crippen LogP) is 3.16. The van der Waals surface area contributed by atoms with Gasteiger partial charge in [0.05, 0.1) is 5.92 Å². The van der Waals surface area contributed by atoms with Crippen molar-refractivity contribution in [3.05, 3.63) is 60.2 Å². The van der Waals surface area contributed by atoms with E-state index >= 15 is 0 Å². The maximum absolute atomic E-state index is 12.4. The minimum absolute atomic E-state index is 0.00401. The highest BCUT2D eigenvalue weighted by atomic mass is 16.5. The number of ether oxygens (including phenoxy) is 1. The molecule has 2 rings (SSSR count). The first-order valence-corrected chi connectivity index (χ1v) is 7.53. The number of carbonyl (C=O) groups is 1. The van der Waals surface area contributed by atoms with Gasteiger partial charge in [-0.3, -0.25) is 4.79 Å². The SMILES string of the molecule is CCC(C(=O)Nc1ccc(OCCN)cc1)c1ccccc1. The van der Waals surface area contributed by atoms with Crippen LogP contribution in [0.1, 0.15) is 24.8 Å². The second-order valence-corrected chi connectivity index (χ2v) is 5.02. The summed E-state index contributed by atoms with van der Waals surface area (Å²) >= 11 is 0. The molecule has 0 heterocycles. The number of anilines is 1. The summed E-state index contributed by atoms with van der Waals surface area (Å²) in [7, 11) is 0. The number of hydrogen-bond donors (Lipinski definition) is 2. The van der Waals surface area contributed by atoms with E-state index in [1.165, 1.54) is 0 Å². The molecule has 1 atom stereocenters. The van der Waals surface area contributed by atoms with Gasteiger partial charge in [-0.15, -0.1) is 0 Å². The van der Waals surface area contributed by atoms with Crippen molar-refractivity contribution in [2.45, 2.75) is 19.3 Å². The Morgan fingerprint density at radius 1 is 1.14 bits per heavy atom. The maximum atomic E-state index is 12.4. The van der Waals surface area contributed by atoms with Gasteiger partial charge in [0.2, 0.25) is 5.91 Å². The van der Waals surface area contributed by atoms with E-state index < -0.39 is 0 Å². The second kappa shape index (κ2) is 8.20. The molecular formula is C18H22N2O2. The number of carbonyl (C=O) groups excluding carboxylic acids is 1. The highest BCUT2D eigenvalue weighted by Crippen LogP contribution is 2.22. The Balaban J connectivity index is 2.01. The van der Waals surface area contributed by atoms with E-state index in [0.717, 1.165) is 23.4 Å². The minimum atomic E-state index is -0.144. The minimum Gasteiger partial charge on any atom is -0.492 e. The molecule has 0 bridgehead atoms. The summed E-state index contributed by atoms with van der Waals surface area (Å²) in [6, 6.07) is 17.2. The van der Waals surface area contributed by atoms with Gasteiger partial charge in [0.1, 0.15) is 12.4 Å². The number of rotatable bonds is 7. The third-order valence-electron chi connectivity index (χ3n) is 3.44. The Morgan fingerprint density at radius 2 is 1.82 bits per heavy atom. The quantitative estimate of drug-likeness (QED) is 0.825. The zero-order valence-electron chi connectivity index (χ0n) is 12.8. The standard InChI is InChI=1S/C18H22N2O2/c1-2-17(14-6-4-3-5-7-14)18(21)20-15-8-10-16(11-9-15)22-13-12-19/h3-11,17H,2,12-13,19H2,1H3,(H,20,21). The number of nitrogens with one attached hydrogen (secondary N) is 1. The molecule has 0 radical (unpaired) electrons. The Bertz CT molecular complexity index is 582. The fourth-order valence-corrected chi connectivity index (χ4v) is 2.30. The molecule has 0 aromatic heterocycles. The van der Waals surface area contributed by atoms with Gasteiger partial charge in [-0.05, 0) is 36.2 Å². The largest absolute Gasteiger partial charge is 0.492 e. The molecule has 0 aliphatic rings. The monoisotopic (exact) mass is 298 g/mol. The van der Waals surface area contributed by atoms with Crippen LogP contribution < -0.4 is 15.8 Å². The van der Waals surface area contributed by atoms with Crippen LogP contribution in [0.25, 0.3) is 0 Å². The van der Waals surface area contributed by atoms with Crippen LogP contribution in [-0.2, 0) is 4.79 Å². The van der Waals surface area contributed by atoms with Gasteiger partial charge < -0.3 is 15.8 Å². The van der Waals surface area contributed by atoms with E-state index in [1.54, 1.807) is 0 Å². The molecule has 0 aliphatic carbocycles. The number of nitrogens with two attached hydrogens (primary N) is 1. The van der Waals surface area contributed by atoms with Gasteiger partial charge in [-0.2, -0.15) is 0 Å². The zero-order valence-corrected chi connectivity index (χ0v) is 12.8. The summed E-state index contributed by atoms with van der Waals surface area (Å²) in [5.74, 6) is 0.609. The normalized spacial score (nSPS) is 11.7. The lowest BCUT2D eigenvalue weighted by atomic mass is 9.95. The van der Waals surface area contributed by atoms with Crippen LogP contribution in [0.3, 0.4) is 0 Å². The van der Waals surface area contributed by atoms with Crippen LogP contribution in [-0.4, -0.2) is 19.1 Å². The highest BCUT2D eigenvalue weighted by Gasteiger charge is 2.18. The average Bonchev–Trinajstić information content (AvgIpc) is 2.56. The van der Waals surface area contributed by atoms with Crippen molar-refractivity contribution in [2.24, 2.45) is 5.73 Å². The summed E-state index contributed by atoms with van der Waals surface area (Å²) in [6.45, 7) is 2.98. The molecular weight excluding hydrogens is 276 g/mol. The molecule has 0 aliphatic heterocycles. The molecule has 0 saturated heterocycles. The summed E-state index contributed by atoms with van der Waals surface area (Å²) in [5, 5.41) is 2.96. The Kier molecular flexibility index (Phi) is 5.98. The molecule has 4 nitrogen and oxygen atoms in total. The average molecular weight is 298 g/mol. The van der Waals surface area contributed by atoms with Crippen LogP contribution >= 0.6 is 0 Å². The fraction of sp³-hybridized carbons (Fsp3) is 0.278. The third-order valence-corrected chi connectivity index (χ3v) is 3.44. The number of hydrogen-bond acceptors (Lipinski definition) is 3. The molecule has 22 heavy (non-hydrogen) atoms. The van der Waals surface area contributed by atoms with E-state index in [4.69, 9.17) is 10.5 Å². The zero-order chi connectivity index (χ0) is 15.8. The molecule has 2 aromatic rings. The molecule has 0 spiro atoms. The lowest BCUT2D eigenvalue weighted by Crippen LogP contribution is -2.20. The van der Waals surface area contributed by atoms with Crippen LogP contribution in [0.5, 0.6) is 5.75 Å². The van der Waals surface area contributed by atoms with Crippen LogP contribution in [0, 0.1) is 0 Å². The van der Waals surface area contributed by atoms with E-state index in [-0.39, 0.29) is 11.8 Å². The predicted molar refractivity (Wildman–Crippen MR) is 89.1 cm³/mol.